The van der Waals surface area contributed by atoms with Gasteiger partial charge in [-0.1, -0.05) is 171 Å². The van der Waals surface area contributed by atoms with Crippen LogP contribution in [0.25, 0.3) is 16.7 Å². The van der Waals surface area contributed by atoms with Gasteiger partial charge in [-0.05, 0) is 204 Å². The summed E-state index contributed by atoms with van der Waals surface area (Å²) in [5.41, 5.74) is 27.0. The van der Waals surface area contributed by atoms with Crippen LogP contribution in [-0.4, -0.2) is 0 Å². The third kappa shape index (κ3) is 8.10. The van der Waals surface area contributed by atoms with E-state index in [1.807, 2.05) is 18.2 Å². The average molecular weight is 870 g/mol. The second kappa shape index (κ2) is 19.1. The van der Waals surface area contributed by atoms with Gasteiger partial charge in [-0.2, -0.15) is 0 Å². The molecule has 1 heteroatoms. The molecule has 1 unspecified atom stereocenters. The fourth-order valence-electron chi connectivity index (χ4n) is 11.7. The first-order valence-corrected chi connectivity index (χ1v) is 24.6. The smallest absolute Gasteiger partial charge is 0.0707 e. The SMILES string of the molecule is C=C/C=C\C=C(/C)C1=CC=C(N(c2ccc(C/C=C3\C(=C/C=C)Cc4ccccc43)cc2)c2ccc(C3(C4=CCCC=C4)C4=C(CCC=C4)c4c3ccc(C3=C(C)CCC=C3)c4C)cc2)CC1. The Morgan fingerprint density at radius 1 is 0.716 bits per heavy atom. The van der Waals surface area contributed by atoms with Crippen LogP contribution in [0.1, 0.15) is 110 Å². The standard InChI is InChI=1S/C66H63N/c1-6-8-10-20-46(3)50-32-38-56(39-33-50)67(55-36-29-49(30-37-55)31-42-61-51(19-7-2)45-52-22-14-16-26-60(52)61)57-40-34-54(35-41-57)66(53-23-11-9-12-24-53)63-28-18-17-27-62(63)65-48(5)59(43-44-64(65)66)58-25-15-13-21-47(58)4/h6-8,10-11,14-16,18-20,22-26,28-30,32,34-38,40-44H,1-2,9,12-13,17,21,27,31,33,39,45H2,3-5H3/b10-8-,46-20+,51-19-,61-42+. The molecular formula is C66H63N. The molecule has 0 N–H and O–H groups in total. The Balaban J connectivity index is 1.06. The minimum atomic E-state index is -0.390. The van der Waals surface area contributed by atoms with Crippen molar-refractivity contribution in [3.8, 4) is 0 Å². The van der Waals surface area contributed by atoms with Crippen LogP contribution >= 0.6 is 0 Å². The normalized spacial score (nSPS) is 21.1. The largest absolute Gasteiger partial charge is 0.314 e. The molecule has 0 bridgehead atoms. The molecule has 0 fully saturated rings. The van der Waals surface area contributed by atoms with Crippen molar-refractivity contribution in [2.75, 3.05) is 4.90 Å². The van der Waals surface area contributed by atoms with Gasteiger partial charge in [0.15, 0.2) is 0 Å². The van der Waals surface area contributed by atoms with E-state index in [9.17, 15) is 0 Å². The molecule has 332 valence electrons. The van der Waals surface area contributed by atoms with Crippen molar-refractivity contribution < 1.29 is 0 Å². The molecule has 1 nitrogen and oxygen atoms in total. The van der Waals surface area contributed by atoms with E-state index in [1.54, 1.807) is 0 Å². The van der Waals surface area contributed by atoms with Crippen molar-refractivity contribution in [1.82, 2.24) is 0 Å². The first kappa shape index (κ1) is 43.9. The maximum Gasteiger partial charge on any atom is 0.0707 e. The Morgan fingerprint density at radius 2 is 1.49 bits per heavy atom. The highest BCUT2D eigenvalue weighted by molar-refractivity contribution is 5.93. The highest BCUT2D eigenvalue weighted by Crippen LogP contribution is 2.59. The minimum absolute atomic E-state index is 0.390. The molecule has 67 heavy (non-hydrogen) atoms. The summed E-state index contributed by atoms with van der Waals surface area (Å²) in [4.78, 5) is 2.50. The number of anilines is 2. The van der Waals surface area contributed by atoms with Crippen LogP contribution in [0.2, 0.25) is 0 Å². The third-order valence-electron chi connectivity index (χ3n) is 15.1. The van der Waals surface area contributed by atoms with Crippen LogP contribution in [0.3, 0.4) is 0 Å². The number of nitrogens with zero attached hydrogens (tertiary/aromatic N) is 1. The highest BCUT2D eigenvalue weighted by Gasteiger charge is 2.48. The molecule has 4 aromatic carbocycles. The van der Waals surface area contributed by atoms with Gasteiger partial charge in [-0.15, -0.1) is 0 Å². The van der Waals surface area contributed by atoms with Crippen LogP contribution < -0.4 is 4.90 Å². The zero-order valence-corrected chi connectivity index (χ0v) is 39.8. The molecule has 0 aliphatic heterocycles. The number of rotatable bonds is 12. The second-order valence-electron chi connectivity index (χ2n) is 19.0. The molecule has 0 saturated heterocycles. The lowest BCUT2D eigenvalue weighted by atomic mass is 9.64. The molecule has 1 atom stereocenters. The Hall–Kier alpha value is -6.96. The summed E-state index contributed by atoms with van der Waals surface area (Å²) in [6.07, 6.45) is 46.6. The van der Waals surface area contributed by atoms with E-state index in [-0.39, 0.29) is 5.41 Å². The molecule has 0 amide bonds. The molecule has 0 saturated carbocycles. The van der Waals surface area contributed by atoms with E-state index in [4.69, 9.17) is 0 Å². The summed E-state index contributed by atoms with van der Waals surface area (Å²) in [6, 6.07) is 32.7. The van der Waals surface area contributed by atoms with Crippen LogP contribution in [0, 0.1) is 6.92 Å². The van der Waals surface area contributed by atoms with Crippen LogP contribution in [0.5, 0.6) is 0 Å². The van der Waals surface area contributed by atoms with Crippen molar-refractivity contribution in [2.24, 2.45) is 0 Å². The van der Waals surface area contributed by atoms with Crippen molar-refractivity contribution in [2.45, 2.75) is 90.4 Å². The molecule has 6 aliphatic rings. The molecule has 4 aromatic rings. The fourth-order valence-corrected chi connectivity index (χ4v) is 11.7. The van der Waals surface area contributed by atoms with Crippen molar-refractivity contribution in [3.05, 3.63) is 279 Å². The van der Waals surface area contributed by atoms with Crippen molar-refractivity contribution >= 4 is 28.1 Å². The quantitative estimate of drug-likeness (QED) is 0.128. The van der Waals surface area contributed by atoms with E-state index in [1.165, 1.54) is 112 Å². The van der Waals surface area contributed by atoms with E-state index >= 15 is 0 Å². The Labute approximate surface area is 400 Å². The molecular weight excluding hydrogens is 807 g/mol. The zero-order valence-electron chi connectivity index (χ0n) is 39.8. The number of hydrogen-bond acceptors (Lipinski definition) is 1. The maximum atomic E-state index is 4.02. The van der Waals surface area contributed by atoms with Crippen molar-refractivity contribution in [1.29, 1.82) is 0 Å². The van der Waals surface area contributed by atoms with E-state index in [0.29, 0.717) is 0 Å². The van der Waals surface area contributed by atoms with E-state index in [2.05, 4.69) is 203 Å². The lowest BCUT2D eigenvalue weighted by Gasteiger charge is -2.38. The van der Waals surface area contributed by atoms with Gasteiger partial charge in [0.05, 0.1) is 5.41 Å². The molecule has 6 aliphatic carbocycles. The predicted molar refractivity (Wildman–Crippen MR) is 288 cm³/mol. The second-order valence-corrected chi connectivity index (χ2v) is 19.0. The van der Waals surface area contributed by atoms with Crippen LogP contribution in [-0.2, 0) is 18.3 Å². The number of hydrogen-bond donors (Lipinski definition) is 0. The molecule has 0 spiro atoms. The average Bonchev–Trinajstić information content (AvgIpc) is 3.88. The summed E-state index contributed by atoms with van der Waals surface area (Å²) in [5.74, 6) is 0. The Bertz CT molecular complexity index is 3040. The topological polar surface area (TPSA) is 3.24 Å². The van der Waals surface area contributed by atoms with Gasteiger partial charge in [-0.3, -0.25) is 0 Å². The van der Waals surface area contributed by atoms with Gasteiger partial charge >= 0.3 is 0 Å². The number of benzene rings is 4. The van der Waals surface area contributed by atoms with E-state index < -0.39 is 0 Å². The molecule has 0 aromatic heterocycles. The number of allylic oxidation sites excluding steroid dienone is 26. The minimum Gasteiger partial charge on any atom is -0.314 e. The van der Waals surface area contributed by atoms with Crippen molar-refractivity contribution in [3.63, 3.8) is 0 Å². The molecule has 10 rings (SSSR count). The summed E-state index contributed by atoms with van der Waals surface area (Å²) >= 11 is 0. The maximum absolute atomic E-state index is 4.02. The Morgan fingerprint density at radius 3 is 2.24 bits per heavy atom. The summed E-state index contributed by atoms with van der Waals surface area (Å²) < 4.78 is 0. The molecule has 0 radical (unpaired) electrons. The van der Waals surface area contributed by atoms with Crippen LogP contribution in [0.15, 0.2) is 234 Å². The number of fused-ring (bicyclic) bond motifs is 3. The van der Waals surface area contributed by atoms with Gasteiger partial charge < -0.3 is 4.90 Å². The van der Waals surface area contributed by atoms with Gasteiger partial charge in [0.25, 0.3) is 0 Å². The van der Waals surface area contributed by atoms with Gasteiger partial charge in [0.1, 0.15) is 0 Å². The zero-order chi connectivity index (χ0) is 45.9. The monoisotopic (exact) mass is 869 g/mol. The van der Waals surface area contributed by atoms with Gasteiger partial charge in [-0.25, -0.2) is 0 Å². The third-order valence-corrected chi connectivity index (χ3v) is 15.1. The lowest BCUT2D eigenvalue weighted by molar-refractivity contribution is 0.740. The Kier molecular flexibility index (Phi) is 12.5. The first-order chi connectivity index (χ1) is 32.9. The summed E-state index contributed by atoms with van der Waals surface area (Å²) in [6.45, 7) is 14.8. The van der Waals surface area contributed by atoms with Gasteiger partial charge in [0.2, 0.25) is 0 Å². The highest BCUT2D eigenvalue weighted by atomic mass is 15.1. The summed E-state index contributed by atoms with van der Waals surface area (Å²) in [5, 5.41) is 0. The van der Waals surface area contributed by atoms with Gasteiger partial charge in [0, 0.05) is 17.1 Å². The fraction of sp³-hybridized carbons (Fsp3) is 0.212. The lowest BCUT2D eigenvalue weighted by Crippen LogP contribution is -2.31. The summed E-state index contributed by atoms with van der Waals surface area (Å²) in [7, 11) is 0. The van der Waals surface area contributed by atoms with Crippen LogP contribution in [0.4, 0.5) is 11.4 Å². The molecule has 0 heterocycles. The predicted octanol–water partition coefficient (Wildman–Crippen LogP) is 17.5. The van der Waals surface area contributed by atoms with E-state index in [0.717, 1.165) is 64.2 Å². The first-order valence-electron chi connectivity index (χ1n) is 24.6.